The van der Waals surface area contributed by atoms with E-state index in [1.165, 1.54) is 11.2 Å². The van der Waals surface area contributed by atoms with Crippen molar-refractivity contribution in [1.82, 2.24) is 9.97 Å². The van der Waals surface area contributed by atoms with Crippen LogP contribution in [0.1, 0.15) is 12.5 Å². The van der Waals surface area contributed by atoms with E-state index in [1.54, 1.807) is 0 Å². The lowest BCUT2D eigenvalue weighted by atomic mass is 10.2. The molecule has 0 bridgehead atoms. The number of hydrogen-bond donors (Lipinski definition) is 3. The second-order valence-corrected chi connectivity index (χ2v) is 3.70. The van der Waals surface area contributed by atoms with Gasteiger partial charge < -0.3 is 22.1 Å². The third-order valence-electron chi connectivity index (χ3n) is 2.30. The fraction of sp³-hybridized carbons (Fsp3) is 0.400. The molecule has 6 N–H and O–H groups in total. The maximum atomic E-state index is 11.0. The molecule has 0 fully saturated rings. The summed E-state index contributed by atoms with van der Waals surface area (Å²) < 4.78 is 0. The predicted molar refractivity (Wildman–Crippen MR) is 66.4 cm³/mol. The van der Waals surface area contributed by atoms with Gasteiger partial charge in [-0.2, -0.15) is 0 Å². The highest BCUT2D eigenvalue weighted by molar-refractivity contribution is 5.85. The summed E-state index contributed by atoms with van der Waals surface area (Å²) in [5, 5.41) is 0. The molecule has 0 aromatic carbocycles. The molecule has 0 aliphatic carbocycles. The summed E-state index contributed by atoms with van der Waals surface area (Å²) in [6.45, 7) is 1.55. The van der Waals surface area contributed by atoms with Crippen molar-refractivity contribution < 1.29 is 9.59 Å². The van der Waals surface area contributed by atoms with Crippen LogP contribution in [0.4, 0.5) is 11.6 Å². The van der Waals surface area contributed by atoms with E-state index >= 15 is 0 Å². The van der Waals surface area contributed by atoms with Crippen LogP contribution in [0.3, 0.4) is 0 Å². The maximum Gasteiger partial charge on any atom is 0.237 e. The Morgan fingerprint density at radius 3 is 2.22 bits per heavy atom. The molecule has 0 unspecified atom stereocenters. The lowest BCUT2D eigenvalue weighted by molar-refractivity contribution is -0.117. The molecule has 8 heteroatoms. The average Bonchev–Trinajstić information content (AvgIpc) is 2.26. The average molecular weight is 252 g/mol. The summed E-state index contributed by atoms with van der Waals surface area (Å²) in [7, 11) is 0. The molecule has 18 heavy (non-hydrogen) atoms. The number of rotatable bonds is 6. The molecule has 0 radical (unpaired) electrons. The molecular weight excluding hydrogens is 236 g/mol. The van der Waals surface area contributed by atoms with Crippen LogP contribution >= 0.6 is 0 Å². The van der Waals surface area contributed by atoms with Gasteiger partial charge in [-0.25, -0.2) is 9.97 Å². The first-order valence-electron chi connectivity index (χ1n) is 5.36. The zero-order chi connectivity index (χ0) is 13.7. The summed E-state index contributed by atoms with van der Waals surface area (Å²) in [6, 6.07) is 0. The van der Waals surface area contributed by atoms with Gasteiger partial charge in [0.2, 0.25) is 11.8 Å². The molecule has 8 nitrogen and oxygen atoms in total. The lowest BCUT2D eigenvalue weighted by Crippen LogP contribution is -2.40. The third kappa shape index (κ3) is 3.30. The smallest absolute Gasteiger partial charge is 0.237 e. The van der Waals surface area contributed by atoms with Crippen LogP contribution in [0.5, 0.6) is 0 Å². The van der Waals surface area contributed by atoms with E-state index in [2.05, 4.69) is 9.97 Å². The molecule has 0 aliphatic heterocycles. The van der Waals surface area contributed by atoms with E-state index in [0.717, 1.165) is 0 Å². The number of nitrogen functional groups attached to an aromatic ring is 1. The van der Waals surface area contributed by atoms with Crippen molar-refractivity contribution in [2.24, 2.45) is 11.5 Å². The Labute approximate surface area is 104 Å². The fourth-order valence-electron chi connectivity index (χ4n) is 1.61. The Bertz CT molecular complexity index is 446. The van der Waals surface area contributed by atoms with Crippen LogP contribution in [0.15, 0.2) is 6.33 Å². The molecule has 98 valence electrons. The largest absolute Gasteiger partial charge is 0.383 e. The summed E-state index contributed by atoms with van der Waals surface area (Å²) in [5.41, 5.74) is 16.6. The van der Waals surface area contributed by atoms with Crippen molar-refractivity contribution >= 4 is 23.5 Å². The highest BCUT2D eigenvalue weighted by Gasteiger charge is 2.18. The molecular formula is C10H16N6O2. The first kappa shape index (κ1) is 13.7. The number of amides is 2. The molecule has 0 aliphatic rings. The van der Waals surface area contributed by atoms with Gasteiger partial charge in [-0.3, -0.25) is 9.59 Å². The first-order valence-corrected chi connectivity index (χ1v) is 5.36. The van der Waals surface area contributed by atoms with E-state index in [0.29, 0.717) is 23.6 Å². The van der Waals surface area contributed by atoms with Gasteiger partial charge in [0, 0.05) is 5.56 Å². The number of anilines is 2. The zero-order valence-corrected chi connectivity index (χ0v) is 10.1. The van der Waals surface area contributed by atoms with Crippen LogP contribution in [-0.4, -0.2) is 34.9 Å². The van der Waals surface area contributed by atoms with Crippen molar-refractivity contribution in [3.63, 3.8) is 0 Å². The van der Waals surface area contributed by atoms with Gasteiger partial charge >= 0.3 is 0 Å². The number of primary amides is 2. The summed E-state index contributed by atoms with van der Waals surface area (Å²) in [5.74, 6) is -0.463. The Kier molecular flexibility index (Phi) is 4.41. The van der Waals surface area contributed by atoms with Crippen LogP contribution in [-0.2, 0) is 16.0 Å². The quantitative estimate of drug-likeness (QED) is 0.556. The summed E-state index contributed by atoms with van der Waals surface area (Å²) in [4.78, 5) is 31.3. The number of hydrogen-bond acceptors (Lipinski definition) is 6. The van der Waals surface area contributed by atoms with Crippen LogP contribution in [0.2, 0.25) is 0 Å². The number of carbonyl (C=O) groups is 2. The van der Waals surface area contributed by atoms with E-state index in [1.807, 2.05) is 6.92 Å². The Morgan fingerprint density at radius 1 is 1.22 bits per heavy atom. The third-order valence-corrected chi connectivity index (χ3v) is 2.30. The Balaban J connectivity index is 3.15. The van der Waals surface area contributed by atoms with Gasteiger partial charge in [-0.05, 0) is 6.42 Å². The Morgan fingerprint density at radius 2 is 1.78 bits per heavy atom. The minimum Gasteiger partial charge on any atom is -0.383 e. The molecule has 1 heterocycles. The van der Waals surface area contributed by atoms with Gasteiger partial charge in [-0.1, -0.05) is 6.92 Å². The van der Waals surface area contributed by atoms with Crippen LogP contribution < -0.4 is 22.1 Å². The number of nitrogens with zero attached hydrogens (tertiary/aromatic N) is 3. The minimum atomic E-state index is -0.588. The lowest BCUT2D eigenvalue weighted by Gasteiger charge is -2.23. The molecule has 2 amide bonds. The summed E-state index contributed by atoms with van der Waals surface area (Å²) >= 11 is 0. The van der Waals surface area contributed by atoms with E-state index < -0.39 is 11.8 Å². The molecule has 1 aromatic heterocycles. The Hall–Kier alpha value is -2.38. The second-order valence-electron chi connectivity index (χ2n) is 3.70. The number of aromatic nitrogens is 2. The van der Waals surface area contributed by atoms with Gasteiger partial charge in [0.1, 0.15) is 18.0 Å². The van der Waals surface area contributed by atoms with Crippen molar-refractivity contribution in [3.05, 3.63) is 11.9 Å². The number of carbonyl (C=O) groups excluding carboxylic acids is 2. The van der Waals surface area contributed by atoms with Gasteiger partial charge in [0.15, 0.2) is 0 Å². The molecule has 0 saturated carbocycles. The fourth-order valence-corrected chi connectivity index (χ4v) is 1.61. The highest BCUT2D eigenvalue weighted by atomic mass is 16.2. The normalized spacial score (nSPS) is 10.1. The highest BCUT2D eigenvalue weighted by Crippen LogP contribution is 2.21. The van der Waals surface area contributed by atoms with Crippen LogP contribution in [0, 0.1) is 0 Å². The van der Waals surface area contributed by atoms with Crippen molar-refractivity contribution in [1.29, 1.82) is 0 Å². The standard InChI is InChI=1S/C10H16N6O2/c1-2-6-9(13)14-5-15-10(6)16(3-7(11)17)4-8(12)18/h5H,2-4H2,1H3,(H2,11,17)(H2,12,18)(H2,13,14,15). The van der Waals surface area contributed by atoms with Crippen molar-refractivity contribution in [2.75, 3.05) is 23.7 Å². The molecule has 0 spiro atoms. The van der Waals surface area contributed by atoms with Crippen LogP contribution in [0.25, 0.3) is 0 Å². The van der Waals surface area contributed by atoms with Gasteiger partial charge in [-0.15, -0.1) is 0 Å². The predicted octanol–water partition coefficient (Wildman–Crippen LogP) is -1.60. The van der Waals surface area contributed by atoms with Gasteiger partial charge in [0.05, 0.1) is 13.1 Å². The first-order chi connectivity index (χ1) is 8.45. The number of nitrogens with two attached hydrogens (primary N) is 3. The molecule has 0 saturated heterocycles. The minimum absolute atomic E-state index is 0.160. The van der Waals surface area contributed by atoms with Gasteiger partial charge in [0.25, 0.3) is 0 Å². The molecule has 1 aromatic rings. The van der Waals surface area contributed by atoms with Crippen molar-refractivity contribution in [3.8, 4) is 0 Å². The monoisotopic (exact) mass is 252 g/mol. The topological polar surface area (TPSA) is 141 Å². The zero-order valence-electron chi connectivity index (χ0n) is 10.1. The molecule has 0 atom stereocenters. The van der Waals surface area contributed by atoms with E-state index in [9.17, 15) is 9.59 Å². The summed E-state index contributed by atoms with van der Waals surface area (Å²) in [6.07, 6.45) is 1.83. The second kappa shape index (κ2) is 5.80. The molecule has 1 rings (SSSR count). The maximum absolute atomic E-state index is 11.0. The van der Waals surface area contributed by atoms with E-state index in [4.69, 9.17) is 17.2 Å². The SMILES string of the molecule is CCc1c(N)ncnc1N(CC(N)=O)CC(N)=O. The van der Waals surface area contributed by atoms with E-state index in [-0.39, 0.29) is 13.1 Å². The van der Waals surface area contributed by atoms with Crippen molar-refractivity contribution in [2.45, 2.75) is 13.3 Å².